The summed E-state index contributed by atoms with van der Waals surface area (Å²) in [7, 11) is 0. The van der Waals surface area contributed by atoms with Crippen molar-refractivity contribution in [2.45, 2.75) is 176 Å². The quantitative estimate of drug-likeness (QED) is 0.161. The van der Waals surface area contributed by atoms with Crippen LogP contribution in [0.4, 0.5) is 0 Å². The zero-order valence-corrected chi connectivity index (χ0v) is 27.1. The molecule has 2 nitrogen and oxygen atoms in total. The Labute approximate surface area is 243 Å². The topological polar surface area (TPSA) is 26.3 Å². The molecule has 0 aromatic carbocycles. The van der Waals surface area contributed by atoms with Crippen LogP contribution in [-0.4, -0.2) is 12.1 Å². The van der Waals surface area contributed by atoms with Crippen molar-refractivity contribution >= 4 is 5.97 Å². The maximum atomic E-state index is 13.1. The first kappa shape index (κ1) is 31.4. The van der Waals surface area contributed by atoms with Crippen LogP contribution in [0.5, 0.6) is 0 Å². The van der Waals surface area contributed by atoms with Crippen LogP contribution in [0.15, 0.2) is 0 Å². The molecule has 4 aliphatic carbocycles. The third-order valence-electron chi connectivity index (χ3n) is 13.1. The standard InChI is InChI=1S/C37H66O2/c1-7-8-9-10-11-12-13-20-35(38)39-34-19-15-18-29-21-22-30-32-24-23-31(28(4)17-14-16-27(2)3)36(32,5)26-25-33(30)37(29,34)6/h27-34H,7-26H2,1-6H3/t28-,29?,30+,31-,32+,33+,34?,36-,37+/m1/s1. The number of carbonyl (C=O) groups excluding carboxylic acids is 1. The number of carbonyl (C=O) groups is 1. The minimum atomic E-state index is 0.106. The van der Waals surface area contributed by atoms with E-state index < -0.39 is 0 Å². The van der Waals surface area contributed by atoms with E-state index in [0.717, 1.165) is 54.3 Å². The minimum absolute atomic E-state index is 0.106. The fourth-order valence-electron chi connectivity index (χ4n) is 10.9. The van der Waals surface area contributed by atoms with Gasteiger partial charge in [0.25, 0.3) is 0 Å². The van der Waals surface area contributed by atoms with Crippen molar-refractivity contribution < 1.29 is 9.53 Å². The average Bonchev–Trinajstić information content (AvgIpc) is 3.25. The Balaban J connectivity index is 1.36. The molecule has 0 amide bonds. The van der Waals surface area contributed by atoms with Gasteiger partial charge < -0.3 is 4.74 Å². The number of hydrogen-bond donors (Lipinski definition) is 0. The number of fused-ring (bicyclic) bond motifs is 5. The largest absolute Gasteiger partial charge is 0.462 e. The molecule has 0 spiro atoms. The molecule has 0 bridgehead atoms. The van der Waals surface area contributed by atoms with Crippen molar-refractivity contribution in [2.24, 2.45) is 52.3 Å². The van der Waals surface area contributed by atoms with Crippen LogP contribution >= 0.6 is 0 Å². The van der Waals surface area contributed by atoms with E-state index >= 15 is 0 Å². The molecule has 4 aliphatic rings. The number of esters is 1. The summed E-state index contributed by atoms with van der Waals surface area (Å²) in [6.07, 6.45) is 26.1. The molecular weight excluding hydrogens is 476 g/mol. The number of rotatable bonds is 14. The summed E-state index contributed by atoms with van der Waals surface area (Å²) >= 11 is 0. The second-order valence-corrected chi connectivity index (χ2v) is 15.8. The van der Waals surface area contributed by atoms with Gasteiger partial charge in [-0.25, -0.2) is 0 Å². The van der Waals surface area contributed by atoms with Crippen LogP contribution in [0.25, 0.3) is 0 Å². The fraction of sp³-hybridized carbons (Fsp3) is 0.973. The molecule has 39 heavy (non-hydrogen) atoms. The second kappa shape index (κ2) is 14.1. The van der Waals surface area contributed by atoms with Gasteiger partial charge in [0.15, 0.2) is 0 Å². The van der Waals surface area contributed by atoms with E-state index in [1.807, 2.05) is 0 Å². The van der Waals surface area contributed by atoms with Crippen LogP contribution in [-0.2, 0) is 9.53 Å². The van der Waals surface area contributed by atoms with Crippen molar-refractivity contribution in [3.05, 3.63) is 0 Å². The van der Waals surface area contributed by atoms with E-state index in [0.29, 0.717) is 11.8 Å². The molecule has 0 N–H and O–H groups in total. The zero-order valence-electron chi connectivity index (χ0n) is 27.1. The number of hydrogen-bond acceptors (Lipinski definition) is 2. The lowest BCUT2D eigenvalue weighted by Crippen LogP contribution is -2.58. The van der Waals surface area contributed by atoms with Gasteiger partial charge >= 0.3 is 5.97 Å². The highest BCUT2D eigenvalue weighted by Gasteiger charge is 2.62. The zero-order chi connectivity index (χ0) is 28.0. The maximum Gasteiger partial charge on any atom is 0.306 e. The number of unbranched alkanes of at least 4 members (excludes halogenated alkanes) is 6. The predicted octanol–water partition coefficient (Wildman–Crippen LogP) is 11.2. The van der Waals surface area contributed by atoms with Crippen molar-refractivity contribution in [3.63, 3.8) is 0 Å². The van der Waals surface area contributed by atoms with Gasteiger partial charge in [0, 0.05) is 11.8 Å². The van der Waals surface area contributed by atoms with Crippen LogP contribution in [0, 0.1) is 52.3 Å². The Kier molecular flexibility index (Phi) is 11.3. The third kappa shape index (κ3) is 6.93. The lowest BCUT2D eigenvalue weighted by molar-refractivity contribution is -0.192. The average molecular weight is 543 g/mol. The van der Waals surface area contributed by atoms with Crippen molar-refractivity contribution in [3.8, 4) is 0 Å². The second-order valence-electron chi connectivity index (χ2n) is 15.8. The molecule has 2 heteroatoms. The molecule has 9 atom stereocenters. The van der Waals surface area contributed by atoms with Gasteiger partial charge in [-0.2, -0.15) is 0 Å². The summed E-state index contributed by atoms with van der Waals surface area (Å²) in [6, 6.07) is 0. The highest BCUT2D eigenvalue weighted by Crippen LogP contribution is 2.68. The summed E-state index contributed by atoms with van der Waals surface area (Å²) in [5, 5.41) is 0. The van der Waals surface area contributed by atoms with Gasteiger partial charge in [-0.1, -0.05) is 99.3 Å². The molecule has 226 valence electrons. The van der Waals surface area contributed by atoms with Gasteiger partial charge in [-0.15, -0.1) is 0 Å². The highest BCUT2D eigenvalue weighted by atomic mass is 16.5. The van der Waals surface area contributed by atoms with Gasteiger partial charge in [0.2, 0.25) is 0 Å². The molecule has 0 radical (unpaired) electrons. The van der Waals surface area contributed by atoms with E-state index in [4.69, 9.17) is 4.74 Å². The first-order chi connectivity index (χ1) is 18.7. The molecule has 0 aliphatic heterocycles. The molecular formula is C37H66O2. The van der Waals surface area contributed by atoms with Crippen molar-refractivity contribution in [1.82, 2.24) is 0 Å². The van der Waals surface area contributed by atoms with E-state index in [9.17, 15) is 4.79 Å². The Morgan fingerprint density at radius 3 is 2.28 bits per heavy atom. The Bertz CT molecular complexity index is 759. The molecule has 0 saturated heterocycles. The molecule has 0 aromatic heterocycles. The minimum Gasteiger partial charge on any atom is -0.462 e. The van der Waals surface area contributed by atoms with Crippen molar-refractivity contribution in [2.75, 3.05) is 0 Å². The van der Waals surface area contributed by atoms with Gasteiger partial charge in [-0.3, -0.25) is 4.79 Å². The highest BCUT2D eigenvalue weighted by molar-refractivity contribution is 5.69. The SMILES string of the molecule is CCCCCCCCCC(=O)OC1CCCC2CC[C@@H]3[C@H](CC[C@]4(C)[C@@H]([C@H](C)CCCC(C)C)CC[C@@H]34)[C@]21C. The van der Waals surface area contributed by atoms with Crippen LogP contribution < -0.4 is 0 Å². The van der Waals surface area contributed by atoms with Crippen LogP contribution in [0.1, 0.15) is 170 Å². The summed E-state index contributed by atoms with van der Waals surface area (Å²) in [5.41, 5.74) is 0.749. The monoisotopic (exact) mass is 543 g/mol. The summed E-state index contributed by atoms with van der Waals surface area (Å²) < 4.78 is 6.48. The molecule has 0 heterocycles. The van der Waals surface area contributed by atoms with E-state index in [2.05, 4.69) is 41.5 Å². The fourth-order valence-corrected chi connectivity index (χ4v) is 10.9. The van der Waals surface area contributed by atoms with Crippen LogP contribution in [0.3, 0.4) is 0 Å². The molecule has 4 saturated carbocycles. The van der Waals surface area contributed by atoms with E-state index in [1.165, 1.54) is 109 Å². The lowest BCUT2D eigenvalue weighted by Gasteiger charge is -2.62. The maximum absolute atomic E-state index is 13.1. The first-order valence-electron chi connectivity index (χ1n) is 17.9. The molecule has 2 unspecified atom stereocenters. The first-order valence-corrected chi connectivity index (χ1v) is 17.9. The predicted molar refractivity (Wildman–Crippen MR) is 166 cm³/mol. The Morgan fingerprint density at radius 1 is 0.795 bits per heavy atom. The summed E-state index contributed by atoms with van der Waals surface area (Å²) in [6.45, 7) is 14.9. The van der Waals surface area contributed by atoms with Gasteiger partial charge in [-0.05, 0) is 111 Å². The molecule has 4 fully saturated rings. The van der Waals surface area contributed by atoms with E-state index in [-0.39, 0.29) is 17.5 Å². The Hall–Kier alpha value is -0.530. The van der Waals surface area contributed by atoms with Crippen LogP contribution in [0.2, 0.25) is 0 Å². The lowest BCUT2D eigenvalue weighted by atomic mass is 9.44. The summed E-state index contributed by atoms with van der Waals surface area (Å²) in [4.78, 5) is 13.1. The van der Waals surface area contributed by atoms with Crippen molar-refractivity contribution in [1.29, 1.82) is 0 Å². The molecule has 4 rings (SSSR count). The third-order valence-corrected chi connectivity index (χ3v) is 13.1. The van der Waals surface area contributed by atoms with Gasteiger partial charge in [0.05, 0.1) is 0 Å². The summed E-state index contributed by atoms with van der Waals surface area (Å²) in [5.74, 6) is 6.03. The van der Waals surface area contributed by atoms with Gasteiger partial charge in [0.1, 0.15) is 6.10 Å². The normalized spacial score (nSPS) is 38.6. The number of ether oxygens (including phenoxy) is 1. The van der Waals surface area contributed by atoms with E-state index in [1.54, 1.807) is 0 Å². The Morgan fingerprint density at radius 2 is 1.54 bits per heavy atom. The smallest absolute Gasteiger partial charge is 0.306 e. The molecule has 0 aromatic rings.